The number of amides is 2. The third kappa shape index (κ3) is 7.98. The predicted molar refractivity (Wildman–Crippen MR) is 112 cm³/mol. The number of nitrogens with zero attached hydrogens (tertiary/aromatic N) is 4. The minimum atomic E-state index is -0.514. The Morgan fingerprint density at radius 2 is 1.48 bits per heavy atom. The fraction of sp³-hybridized carbons (Fsp3) is 0.850. The Hall–Kier alpha value is -2.19. The Morgan fingerprint density at radius 3 is 1.97 bits per heavy atom. The lowest BCUT2D eigenvalue weighted by Crippen LogP contribution is -2.53. The molecule has 1 heterocycles. The number of nitrogens with two attached hydrogens (primary N) is 1. The number of piperazine rings is 1. The smallest absolute Gasteiger partial charge is 0.410 e. The molecule has 0 unspecified atom stereocenters. The second kappa shape index (κ2) is 9.09. The maximum atomic E-state index is 12.4. The Labute approximate surface area is 174 Å². The minimum Gasteiger partial charge on any atom is -0.444 e. The zero-order valence-electron chi connectivity index (χ0n) is 18.7. The molecule has 29 heavy (non-hydrogen) atoms. The van der Waals surface area contributed by atoms with Crippen LogP contribution < -0.4 is 5.73 Å². The van der Waals surface area contributed by atoms with E-state index in [1.165, 1.54) is 0 Å². The standard InChI is InChI=1S/C20H37N5O4/c1-19(2,3)28-17(26)24-13-11-23(12-14-24)16(21)22-9-10-25(15-7-8-15)18(27)29-20(4,5)6/h15H,7-14H2,1-6H3,(H2,21,22). The van der Waals surface area contributed by atoms with Gasteiger partial charge in [-0.2, -0.15) is 0 Å². The van der Waals surface area contributed by atoms with Crippen molar-refractivity contribution < 1.29 is 19.1 Å². The highest BCUT2D eigenvalue weighted by Crippen LogP contribution is 2.28. The second-order valence-electron chi connectivity index (χ2n) is 9.60. The van der Waals surface area contributed by atoms with Crippen LogP contribution in [0.15, 0.2) is 4.99 Å². The van der Waals surface area contributed by atoms with Crippen molar-refractivity contribution in [2.24, 2.45) is 10.7 Å². The molecule has 0 aromatic rings. The summed E-state index contributed by atoms with van der Waals surface area (Å²) in [7, 11) is 0. The summed E-state index contributed by atoms with van der Waals surface area (Å²) in [6.45, 7) is 14.4. The average Bonchev–Trinajstić information content (AvgIpc) is 3.40. The Morgan fingerprint density at radius 1 is 0.966 bits per heavy atom. The SMILES string of the molecule is CC(C)(C)OC(=O)N1CCN(C(N)=NCCN(C(=O)OC(C)(C)C)C2CC2)CC1. The van der Waals surface area contributed by atoms with E-state index in [1.54, 1.807) is 9.80 Å². The van der Waals surface area contributed by atoms with Gasteiger partial charge in [-0.05, 0) is 54.4 Å². The predicted octanol–water partition coefficient (Wildman–Crippen LogP) is 2.25. The lowest BCUT2D eigenvalue weighted by molar-refractivity contribution is 0.0185. The van der Waals surface area contributed by atoms with E-state index in [2.05, 4.69) is 4.99 Å². The van der Waals surface area contributed by atoms with Gasteiger partial charge in [0.2, 0.25) is 0 Å². The summed E-state index contributed by atoms with van der Waals surface area (Å²) in [6, 6.07) is 0.249. The molecule has 0 aromatic heterocycles. The van der Waals surface area contributed by atoms with Gasteiger partial charge in [-0.15, -0.1) is 0 Å². The molecule has 0 spiro atoms. The molecule has 2 aliphatic rings. The molecular weight excluding hydrogens is 374 g/mol. The molecule has 166 valence electrons. The number of hydrogen-bond acceptors (Lipinski definition) is 5. The van der Waals surface area contributed by atoms with Gasteiger partial charge in [-0.3, -0.25) is 4.99 Å². The van der Waals surface area contributed by atoms with Crippen LogP contribution in [0.1, 0.15) is 54.4 Å². The first-order valence-electron chi connectivity index (χ1n) is 10.4. The first-order chi connectivity index (χ1) is 13.4. The quantitative estimate of drug-likeness (QED) is 0.562. The largest absolute Gasteiger partial charge is 0.444 e. The number of guanidine groups is 1. The number of rotatable bonds is 4. The van der Waals surface area contributed by atoms with E-state index in [0.29, 0.717) is 45.2 Å². The van der Waals surface area contributed by atoms with Crippen LogP contribution >= 0.6 is 0 Å². The highest BCUT2D eigenvalue weighted by atomic mass is 16.6. The normalized spacial score (nSPS) is 18.5. The van der Waals surface area contributed by atoms with Crippen molar-refractivity contribution in [2.75, 3.05) is 39.3 Å². The number of hydrogen-bond donors (Lipinski definition) is 1. The second-order valence-corrected chi connectivity index (χ2v) is 9.60. The topological polar surface area (TPSA) is 101 Å². The van der Waals surface area contributed by atoms with Gasteiger partial charge in [0.05, 0.1) is 6.54 Å². The number of carbonyl (C=O) groups excluding carboxylic acids is 2. The van der Waals surface area contributed by atoms with Crippen molar-refractivity contribution >= 4 is 18.1 Å². The van der Waals surface area contributed by atoms with Crippen LogP contribution in [0, 0.1) is 0 Å². The van der Waals surface area contributed by atoms with E-state index in [0.717, 1.165) is 12.8 Å². The lowest BCUT2D eigenvalue weighted by Gasteiger charge is -2.36. The van der Waals surface area contributed by atoms with Crippen molar-refractivity contribution in [1.82, 2.24) is 14.7 Å². The van der Waals surface area contributed by atoms with Gasteiger partial charge in [0.1, 0.15) is 11.2 Å². The highest BCUT2D eigenvalue weighted by molar-refractivity contribution is 5.78. The molecule has 9 nitrogen and oxygen atoms in total. The van der Waals surface area contributed by atoms with E-state index < -0.39 is 11.2 Å². The fourth-order valence-corrected chi connectivity index (χ4v) is 2.95. The van der Waals surface area contributed by atoms with Crippen LogP contribution in [-0.2, 0) is 9.47 Å². The van der Waals surface area contributed by atoms with E-state index >= 15 is 0 Å². The summed E-state index contributed by atoms with van der Waals surface area (Å²) in [4.78, 5) is 34.4. The third-order valence-corrected chi connectivity index (χ3v) is 4.49. The van der Waals surface area contributed by atoms with Crippen LogP contribution in [0.3, 0.4) is 0 Å². The fourth-order valence-electron chi connectivity index (χ4n) is 2.95. The van der Waals surface area contributed by atoms with Gasteiger partial charge in [-0.25, -0.2) is 9.59 Å². The molecule has 0 atom stereocenters. The van der Waals surface area contributed by atoms with Crippen LogP contribution in [0.4, 0.5) is 9.59 Å². The molecule has 0 aromatic carbocycles. The molecule has 9 heteroatoms. The average molecular weight is 412 g/mol. The summed E-state index contributed by atoms with van der Waals surface area (Å²) in [6.07, 6.45) is 1.42. The summed E-state index contributed by atoms with van der Waals surface area (Å²) < 4.78 is 10.9. The maximum absolute atomic E-state index is 12.4. The van der Waals surface area contributed by atoms with Gasteiger partial charge >= 0.3 is 12.2 Å². The molecule has 2 fully saturated rings. The van der Waals surface area contributed by atoms with Crippen LogP contribution in [0.25, 0.3) is 0 Å². The van der Waals surface area contributed by atoms with E-state index in [1.807, 2.05) is 46.4 Å². The third-order valence-electron chi connectivity index (χ3n) is 4.49. The summed E-state index contributed by atoms with van der Waals surface area (Å²) >= 11 is 0. The van der Waals surface area contributed by atoms with Gasteiger partial charge in [0, 0.05) is 38.8 Å². The first-order valence-corrected chi connectivity index (χ1v) is 10.4. The maximum Gasteiger partial charge on any atom is 0.410 e. The lowest BCUT2D eigenvalue weighted by atomic mass is 10.2. The molecule has 0 radical (unpaired) electrons. The minimum absolute atomic E-state index is 0.249. The van der Waals surface area contributed by atoms with Crippen molar-refractivity contribution in [1.29, 1.82) is 0 Å². The molecule has 1 saturated carbocycles. The van der Waals surface area contributed by atoms with Crippen LogP contribution in [-0.4, -0.2) is 89.4 Å². The Bertz CT molecular complexity index is 611. The molecule has 2 rings (SSSR count). The summed E-state index contributed by atoms with van der Waals surface area (Å²) in [5.74, 6) is 0.439. The summed E-state index contributed by atoms with van der Waals surface area (Å²) in [5, 5.41) is 0. The molecule has 2 N–H and O–H groups in total. The van der Waals surface area contributed by atoms with Gasteiger partial charge in [0.15, 0.2) is 5.96 Å². The van der Waals surface area contributed by atoms with Crippen molar-refractivity contribution in [3.8, 4) is 0 Å². The number of aliphatic imine (C=N–C) groups is 1. The van der Waals surface area contributed by atoms with Crippen molar-refractivity contribution in [3.05, 3.63) is 0 Å². The van der Waals surface area contributed by atoms with Gasteiger partial charge in [-0.1, -0.05) is 0 Å². The number of ether oxygens (including phenoxy) is 2. The van der Waals surface area contributed by atoms with Gasteiger partial charge in [0.25, 0.3) is 0 Å². The van der Waals surface area contributed by atoms with Crippen LogP contribution in [0.2, 0.25) is 0 Å². The molecular formula is C20H37N5O4. The summed E-state index contributed by atoms with van der Waals surface area (Å²) in [5.41, 5.74) is 5.12. The molecule has 1 saturated heterocycles. The molecule has 1 aliphatic carbocycles. The highest BCUT2D eigenvalue weighted by Gasteiger charge is 2.35. The Balaban J connectivity index is 1.79. The van der Waals surface area contributed by atoms with Gasteiger partial charge < -0.3 is 29.9 Å². The number of carbonyl (C=O) groups is 2. The molecule has 1 aliphatic heterocycles. The molecule has 0 bridgehead atoms. The van der Waals surface area contributed by atoms with Crippen molar-refractivity contribution in [3.63, 3.8) is 0 Å². The zero-order chi connectivity index (χ0) is 21.8. The first kappa shape index (κ1) is 23.1. The van der Waals surface area contributed by atoms with Crippen LogP contribution in [0.5, 0.6) is 0 Å². The zero-order valence-corrected chi connectivity index (χ0v) is 18.7. The van der Waals surface area contributed by atoms with E-state index in [-0.39, 0.29) is 18.2 Å². The van der Waals surface area contributed by atoms with E-state index in [4.69, 9.17) is 15.2 Å². The molecule has 2 amide bonds. The van der Waals surface area contributed by atoms with E-state index in [9.17, 15) is 9.59 Å². The Kier molecular flexibility index (Phi) is 7.24. The van der Waals surface area contributed by atoms with Crippen molar-refractivity contribution in [2.45, 2.75) is 71.6 Å². The monoisotopic (exact) mass is 411 g/mol.